The highest BCUT2D eigenvalue weighted by atomic mass is 32.2. The SMILES string of the molecule is CC(=O)Cc1noc(C2NSc3ccccc3C2=O)n1. The van der Waals surface area contributed by atoms with Crippen LogP contribution in [0.4, 0.5) is 0 Å². The van der Waals surface area contributed by atoms with Gasteiger partial charge in [0.2, 0.25) is 0 Å². The van der Waals surface area contributed by atoms with E-state index in [-0.39, 0.29) is 23.9 Å². The van der Waals surface area contributed by atoms with E-state index in [9.17, 15) is 9.59 Å². The Kier molecular flexibility index (Phi) is 3.37. The number of Topliss-reactive ketones (excluding diaryl/α,β-unsaturated/α-hetero) is 2. The number of benzene rings is 1. The van der Waals surface area contributed by atoms with Crippen LogP contribution in [0.15, 0.2) is 33.7 Å². The van der Waals surface area contributed by atoms with Gasteiger partial charge in [0.15, 0.2) is 17.6 Å². The van der Waals surface area contributed by atoms with Gasteiger partial charge < -0.3 is 4.52 Å². The Hall–Kier alpha value is -1.99. The Morgan fingerprint density at radius 1 is 1.45 bits per heavy atom. The van der Waals surface area contributed by atoms with Crippen LogP contribution in [0.25, 0.3) is 0 Å². The molecule has 1 aliphatic heterocycles. The maximum Gasteiger partial charge on any atom is 0.252 e. The Morgan fingerprint density at radius 3 is 3.05 bits per heavy atom. The molecule has 102 valence electrons. The Labute approximate surface area is 119 Å². The molecule has 6 nitrogen and oxygen atoms in total. The van der Waals surface area contributed by atoms with Crippen molar-refractivity contribution in [2.45, 2.75) is 24.3 Å². The van der Waals surface area contributed by atoms with Gasteiger partial charge in [0.1, 0.15) is 5.78 Å². The third-order valence-corrected chi connectivity index (χ3v) is 3.77. The summed E-state index contributed by atoms with van der Waals surface area (Å²) in [6.07, 6.45) is 0.105. The number of carbonyl (C=O) groups is 2. The fourth-order valence-electron chi connectivity index (χ4n) is 1.93. The molecule has 1 aliphatic rings. The van der Waals surface area contributed by atoms with Gasteiger partial charge in [-0.05, 0) is 24.9 Å². The molecule has 0 saturated heterocycles. The van der Waals surface area contributed by atoms with Crippen molar-refractivity contribution in [3.63, 3.8) is 0 Å². The lowest BCUT2D eigenvalue weighted by molar-refractivity contribution is -0.116. The highest BCUT2D eigenvalue weighted by molar-refractivity contribution is 7.97. The van der Waals surface area contributed by atoms with E-state index < -0.39 is 6.04 Å². The first-order valence-corrected chi connectivity index (χ1v) is 6.84. The number of rotatable bonds is 3. The van der Waals surface area contributed by atoms with Crippen LogP contribution in [0.1, 0.15) is 35.0 Å². The molecular weight excluding hydrogens is 278 g/mol. The zero-order chi connectivity index (χ0) is 14.1. The van der Waals surface area contributed by atoms with Crippen molar-refractivity contribution >= 4 is 23.5 Å². The van der Waals surface area contributed by atoms with Crippen LogP contribution in [0, 0.1) is 0 Å². The van der Waals surface area contributed by atoms with Crippen molar-refractivity contribution in [1.82, 2.24) is 14.9 Å². The summed E-state index contributed by atoms with van der Waals surface area (Å²) in [5.74, 6) is 0.316. The lowest BCUT2D eigenvalue weighted by Gasteiger charge is -2.20. The zero-order valence-electron chi connectivity index (χ0n) is 10.6. The molecule has 0 amide bonds. The average Bonchev–Trinajstić information content (AvgIpc) is 2.87. The van der Waals surface area contributed by atoms with E-state index in [0.29, 0.717) is 11.4 Å². The van der Waals surface area contributed by atoms with Crippen molar-refractivity contribution in [1.29, 1.82) is 0 Å². The topological polar surface area (TPSA) is 85.1 Å². The monoisotopic (exact) mass is 289 g/mol. The first-order chi connectivity index (χ1) is 9.65. The predicted molar refractivity (Wildman–Crippen MR) is 71.2 cm³/mol. The van der Waals surface area contributed by atoms with E-state index in [1.807, 2.05) is 18.2 Å². The molecule has 1 unspecified atom stereocenters. The van der Waals surface area contributed by atoms with Gasteiger partial charge in [-0.1, -0.05) is 23.4 Å². The molecule has 2 aromatic rings. The fraction of sp³-hybridized carbons (Fsp3) is 0.231. The van der Waals surface area contributed by atoms with Crippen molar-refractivity contribution < 1.29 is 14.1 Å². The number of hydrogen-bond acceptors (Lipinski definition) is 7. The molecule has 0 fully saturated rings. The normalized spacial score (nSPS) is 17.9. The fourth-order valence-corrected chi connectivity index (χ4v) is 2.81. The quantitative estimate of drug-likeness (QED) is 0.861. The van der Waals surface area contributed by atoms with Gasteiger partial charge in [-0.3, -0.25) is 9.59 Å². The standard InChI is InChI=1S/C13H11N3O3S/c1-7(17)6-10-14-13(19-15-10)11-12(18)8-4-2-3-5-9(8)20-16-11/h2-5,11,16H,6H2,1H3. The minimum Gasteiger partial charge on any atom is -0.337 e. The van der Waals surface area contributed by atoms with Crippen LogP contribution < -0.4 is 4.72 Å². The first kappa shape index (κ1) is 13.0. The predicted octanol–water partition coefficient (Wildman–Crippen LogP) is 1.74. The number of nitrogens with one attached hydrogen (secondary N) is 1. The molecule has 1 N–H and O–H groups in total. The number of fused-ring (bicyclic) bond motifs is 1. The average molecular weight is 289 g/mol. The second-order valence-corrected chi connectivity index (χ2v) is 5.32. The maximum atomic E-state index is 12.4. The van der Waals surface area contributed by atoms with E-state index in [2.05, 4.69) is 14.9 Å². The zero-order valence-corrected chi connectivity index (χ0v) is 11.4. The molecule has 2 heterocycles. The third kappa shape index (κ3) is 2.37. The molecule has 0 saturated carbocycles. The lowest BCUT2D eigenvalue weighted by atomic mass is 10.0. The van der Waals surface area contributed by atoms with Crippen LogP contribution in [-0.2, 0) is 11.2 Å². The minimum atomic E-state index is -0.678. The first-order valence-electron chi connectivity index (χ1n) is 6.02. The van der Waals surface area contributed by atoms with E-state index in [0.717, 1.165) is 4.90 Å². The van der Waals surface area contributed by atoms with Crippen LogP contribution in [0.2, 0.25) is 0 Å². The Morgan fingerprint density at radius 2 is 2.25 bits per heavy atom. The second-order valence-electron chi connectivity index (χ2n) is 4.44. The molecule has 0 bridgehead atoms. The van der Waals surface area contributed by atoms with Gasteiger partial charge in [0.25, 0.3) is 5.89 Å². The van der Waals surface area contributed by atoms with E-state index >= 15 is 0 Å². The summed E-state index contributed by atoms with van der Waals surface area (Å²) in [7, 11) is 0. The molecule has 20 heavy (non-hydrogen) atoms. The van der Waals surface area contributed by atoms with Crippen molar-refractivity contribution in [2.24, 2.45) is 0 Å². The number of ketones is 2. The summed E-state index contributed by atoms with van der Waals surface area (Å²) in [6, 6.07) is 6.65. The third-order valence-electron chi connectivity index (χ3n) is 2.84. The van der Waals surface area contributed by atoms with Crippen LogP contribution >= 0.6 is 11.9 Å². The highest BCUT2D eigenvalue weighted by Crippen LogP contribution is 2.32. The lowest BCUT2D eigenvalue weighted by Crippen LogP contribution is -2.28. The Balaban J connectivity index is 1.87. The van der Waals surface area contributed by atoms with Crippen molar-refractivity contribution in [3.05, 3.63) is 41.5 Å². The van der Waals surface area contributed by atoms with Gasteiger partial charge in [-0.25, -0.2) is 4.72 Å². The summed E-state index contributed by atoms with van der Waals surface area (Å²) in [6.45, 7) is 1.45. The summed E-state index contributed by atoms with van der Waals surface area (Å²) in [5, 5.41) is 3.71. The minimum absolute atomic E-state index is 0.0556. The summed E-state index contributed by atoms with van der Waals surface area (Å²) >= 11 is 1.35. The molecule has 0 radical (unpaired) electrons. The van der Waals surface area contributed by atoms with E-state index in [1.165, 1.54) is 18.9 Å². The van der Waals surface area contributed by atoms with E-state index in [1.54, 1.807) is 6.07 Å². The van der Waals surface area contributed by atoms with Gasteiger partial charge >= 0.3 is 0 Å². The second kappa shape index (κ2) is 5.18. The van der Waals surface area contributed by atoms with E-state index in [4.69, 9.17) is 4.52 Å². The van der Waals surface area contributed by atoms with Crippen LogP contribution in [0.3, 0.4) is 0 Å². The van der Waals surface area contributed by atoms with Crippen LogP contribution in [-0.4, -0.2) is 21.7 Å². The summed E-state index contributed by atoms with van der Waals surface area (Å²) in [5.41, 5.74) is 0.632. The van der Waals surface area contributed by atoms with Crippen molar-refractivity contribution in [2.75, 3.05) is 0 Å². The molecule has 7 heteroatoms. The largest absolute Gasteiger partial charge is 0.337 e. The molecular formula is C13H11N3O3S. The number of hydrogen-bond donors (Lipinski definition) is 1. The highest BCUT2D eigenvalue weighted by Gasteiger charge is 2.33. The van der Waals surface area contributed by atoms with Crippen LogP contribution in [0.5, 0.6) is 0 Å². The van der Waals surface area contributed by atoms with Crippen molar-refractivity contribution in [3.8, 4) is 0 Å². The number of carbonyl (C=O) groups excluding carboxylic acids is 2. The summed E-state index contributed by atoms with van der Waals surface area (Å²) < 4.78 is 8.07. The Bertz CT molecular complexity index is 683. The molecule has 0 spiro atoms. The number of nitrogens with zero attached hydrogens (tertiary/aromatic N) is 2. The smallest absolute Gasteiger partial charge is 0.252 e. The molecule has 3 rings (SSSR count). The molecule has 1 aromatic heterocycles. The molecule has 1 aromatic carbocycles. The summed E-state index contributed by atoms with van der Waals surface area (Å²) in [4.78, 5) is 28.4. The molecule has 1 atom stereocenters. The van der Waals surface area contributed by atoms with Gasteiger partial charge in [0.05, 0.1) is 6.42 Å². The van der Waals surface area contributed by atoms with Gasteiger partial charge in [-0.2, -0.15) is 4.98 Å². The number of aromatic nitrogens is 2. The maximum absolute atomic E-state index is 12.4. The van der Waals surface area contributed by atoms with Gasteiger partial charge in [-0.15, -0.1) is 0 Å². The molecule has 0 aliphatic carbocycles. The van der Waals surface area contributed by atoms with Gasteiger partial charge in [0, 0.05) is 10.5 Å².